The molecule has 2 aromatic heterocycles. The number of benzene rings is 2. The molecule has 2 heterocycles. The van der Waals surface area contributed by atoms with E-state index in [9.17, 15) is 9.90 Å². The molecule has 0 amide bonds. The summed E-state index contributed by atoms with van der Waals surface area (Å²) in [4.78, 5) is 20.6. The minimum absolute atomic E-state index is 0.0898. The highest BCUT2D eigenvalue weighted by molar-refractivity contribution is 5.80. The molecule has 1 saturated carbocycles. The minimum Gasteiger partial charge on any atom is -0.481 e. The van der Waals surface area contributed by atoms with Crippen molar-refractivity contribution in [3.63, 3.8) is 0 Å². The molecule has 4 atom stereocenters. The first-order valence-electron chi connectivity index (χ1n) is 12.7. The Morgan fingerprint density at radius 2 is 2.00 bits per heavy atom. The zero-order valence-corrected chi connectivity index (χ0v) is 20.7. The van der Waals surface area contributed by atoms with Gasteiger partial charge in [0.25, 0.3) is 0 Å². The molecule has 0 spiro atoms. The molecule has 3 aliphatic carbocycles. The van der Waals surface area contributed by atoms with Gasteiger partial charge in [-0.05, 0) is 63.6 Å². The van der Waals surface area contributed by atoms with E-state index in [-0.39, 0.29) is 23.2 Å². The molecule has 4 unspecified atom stereocenters. The maximum Gasteiger partial charge on any atom is 0.307 e. The highest BCUT2D eigenvalue weighted by Crippen LogP contribution is 2.61. The summed E-state index contributed by atoms with van der Waals surface area (Å²) in [6.07, 6.45) is 5.58. The smallest absolute Gasteiger partial charge is 0.307 e. The third-order valence-electron chi connectivity index (χ3n) is 8.75. The molecule has 6 nitrogen and oxygen atoms in total. The van der Waals surface area contributed by atoms with E-state index in [1.54, 1.807) is 0 Å². The molecule has 0 bridgehead atoms. The number of carboxylic acid groups (broad SMARTS) is 1. The molecule has 36 heavy (non-hydrogen) atoms. The van der Waals surface area contributed by atoms with E-state index in [2.05, 4.69) is 59.8 Å². The topological polar surface area (TPSA) is 77.2 Å². The van der Waals surface area contributed by atoms with Crippen LogP contribution < -0.4 is 4.74 Å². The van der Waals surface area contributed by atoms with Gasteiger partial charge in [-0.3, -0.25) is 4.79 Å². The number of pyridine rings is 1. The molecule has 6 heteroatoms. The van der Waals surface area contributed by atoms with Crippen molar-refractivity contribution in [3.05, 3.63) is 88.4 Å². The number of para-hydroxylation sites is 1. The second kappa shape index (κ2) is 7.42. The van der Waals surface area contributed by atoms with Gasteiger partial charge in [0.1, 0.15) is 6.61 Å². The van der Waals surface area contributed by atoms with Crippen molar-refractivity contribution in [2.45, 2.75) is 50.5 Å². The summed E-state index contributed by atoms with van der Waals surface area (Å²) >= 11 is 0. The van der Waals surface area contributed by atoms with Gasteiger partial charge in [-0.25, -0.2) is 9.97 Å². The summed E-state index contributed by atoms with van der Waals surface area (Å²) in [7, 11) is 2.04. The highest BCUT2D eigenvalue weighted by atomic mass is 16.5. The number of aliphatic carboxylic acids is 1. The summed E-state index contributed by atoms with van der Waals surface area (Å²) in [5.74, 6) is 0.354. The van der Waals surface area contributed by atoms with E-state index >= 15 is 0 Å². The van der Waals surface area contributed by atoms with Crippen LogP contribution in [0.25, 0.3) is 11.0 Å². The van der Waals surface area contributed by atoms with Gasteiger partial charge in [0.15, 0.2) is 0 Å². The van der Waals surface area contributed by atoms with Crippen LogP contribution in [0.2, 0.25) is 0 Å². The Hall–Kier alpha value is -3.67. The Morgan fingerprint density at radius 1 is 1.14 bits per heavy atom. The predicted octanol–water partition coefficient (Wildman–Crippen LogP) is 5.33. The molecule has 2 aromatic carbocycles. The molecule has 1 N–H and O–H groups in total. The normalized spacial score (nSPS) is 24.9. The number of nitrogens with zero attached hydrogens (tertiary/aromatic N) is 3. The fraction of sp³-hybridized carbons (Fsp3) is 0.367. The first-order valence-corrected chi connectivity index (χ1v) is 12.7. The van der Waals surface area contributed by atoms with Crippen LogP contribution in [0.5, 0.6) is 5.88 Å². The van der Waals surface area contributed by atoms with E-state index < -0.39 is 5.97 Å². The largest absolute Gasteiger partial charge is 0.481 e. The maximum absolute atomic E-state index is 11.4. The molecule has 7 rings (SSSR count). The summed E-state index contributed by atoms with van der Waals surface area (Å²) in [5, 5.41) is 9.34. The number of imidazole rings is 1. The Labute approximate surface area is 210 Å². The van der Waals surface area contributed by atoms with Gasteiger partial charge in [-0.2, -0.15) is 0 Å². The van der Waals surface area contributed by atoms with Gasteiger partial charge in [0.05, 0.1) is 23.3 Å². The van der Waals surface area contributed by atoms with Gasteiger partial charge >= 0.3 is 5.97 Å². The van der Waals surface area contributed by atoms with Gasteiger partial charge in [0, 0.05) is 31.1 Å². The number of aromatic nitrogens is 3. The Kier molecular flexibility index (Phi) is 4.45. The van der Waals surface area contributed by atoms with Crippen molar-refractivity contribution in [1.29, 1.82) is 0 Å². The van der Waals surface area contributed by atoms with Crippen LogP contribution in [-0.4, -0.2) is 25.6 Å². The summed E-state index contributed by atoms with van der Waals surface area (Å²) in [6, 6.07) is 15.2. The maximum atomic E-state index is 11.4. The summed E-state index contributed by atoms with van der Waals surface area (Å²) in [6.45, 7) is 5.10. The molecule has 0 radical (unpaired) electrons. The number of hydrogen-bond donors (Lipinski definition) is 1. The van der Waals surface area contributed by atoms with Crippen LogP contribution in [0.4, 0.5) is 0 Å². The second-order valence-electron chi connectivity index (χ2n) is 11.4. The van der Waals surface area contributed by atoms with Crippen LogP contribution in [0.15, 0.2) is 55.0 Å². The number of aryl methyl sites for hydroxylation is 1. The van der Waals surface area contributed by atoms with Gasteiger partial charge in [-0.1, -0.05) is 44.2 Å². The molecule has 0 aliphatic heterocycles. The Balaban J connectivity index is 1.15. The van der Waals surface area contributed by atoms with Crippen molar-refractivity contribution < 1.29 is 14.6 Å². The summed E-state index contributed by atoms with van der Waals surface area (Å²) < 4.78 is 8.21. The van der Waals surface area contributed by atoms with Crippen molar-refractivity contribution in [2.24, 2.45) is 18.9 Å². The van der Waals surface area contributed by atoms with Crippen LogP contribution >= 0.6 is 0 Å². The average molecular weight is 480 g/mol. The van der Waals surface area contributed by atoms with Crippen LogP contribution in [0.3, 0.4) is 0 Å². The van der Waals surface area contributed by atoms with Crippen molar-refractivity contribution in [1.82, 2.24) is 14.5 Å². The molecule has 0 saturated heterocycles. The Morgan fingerprint density at radius 3 is 2.83 bits per heavy atom. The minimum atomic E-state index is -0.687. The SMILES string of the molecule is Cn1cnc2c(C3CC(C)(C)c4ccc(COc5cc6c(cn5)C5C(C6)C5C(=O)O)cc43)cccc21. The number of hydrogen-bond acceptors (Lipinski definition) is 4. The lowest BCUT2D eigenvalue weighted by Crippen LogP contribution is -2.12. The number of carboxylic acids is 1. The van der Waals surface area contributed by atoms with Crippen molar-refractivity contribution in [3.8, 4) is 5.88 Å². The molecule has 1 fully saturated rings. The fourth-order valence-corrected chi connectivity index (χ4v) is 6.92. The van der Waals surface area contributed by atoms with Crippen LogP contribution in [-0.2, 0) is 30.3 Å². The molecule has 4 aromatic rings. The standard InChI is InChI=1S/C30H29N3O3/c1-30(2)12-21(18-5-4-6-24-28(18)32-15-33(24)3)19-9-16(7-8-23(19)30)14-36-25-11-17-10-20-26(22(17)13-31-25)27(20)29(34)35/h4-9,11,13,15,20-21,26-27H,10,12,14H2,1-3H3,(H,34,35). The van der Waals surface area contributed by atoms with Gasteiger partial charge in [-0.15, -0.1) is 0 Å². The molecule has 182 valence electrons. The van der Waals surface area contributed by atoms with Gasteiger partial charge < -0.3 is 14.4 Å². The first kappa shape index (κ1) is 21.6. The van der Waals surface area contributed by atoms with Gasteiger partial charge in [0.2, 0.25) is 5.88 Å². The molecular formula is C30H29N3O3. The van der Waals surface area contributed by atoms with Crippen molar-refractivity contribution in [2.75, 3.05) is 0 Å². The van der Waals surface area contributed by atoms with Crippen LogP contribution in [0, 0.1) is 11.8 Å². The van der Waals surface area contributed by atoms with E-state index in [4.69, 9.17) is 9.72 Å². The predicted molar refractivity (Wildman–Crippen MR) is 136 cm³/mol. The lowest BCUT2D eigenvalue weighted by atomic mass is 9.85. The third-order valence-corrected chi connectivity index (χ3v) is 8.75. The molecular weight excluding hydrogens is 450 g/mol. The monoisotopic (exact) mass is 479 g/mol. The van der Waals surface area contributed by atoms with Crippen molar-refractivity contribution >= 4 is 17.0 Å². The fourth-order valence-electron chi connectivity index (χ4n) is 6.92. The number of carbonyl (C=O) groups is 1. The second-order valence-corrected chi connectivity index (χ2v) is 11.4. The lowest BCUT2D eigenvalue weighted by Gasteiger charge is -2.19. The molecule has 3 aliphatic rings. The van der Waals surface area contributed by atoms with E-state index in [0.717, 1.165) is 35.0 Å². The van der Waals surface area contributed by atoms with Crippen LogP contribution in [0.1, 0.15) is 65.5 Å². The first-order chi connectivity index (χ1) is 17.3. The highest BCUT2D eigenvalue weighted by Gasteiger charge is 2.60. The lowest BCUT2D eigenvalue weighted by molar-refractivity contribution is -0.139. The summed E-state index contributed by atoms with van der Waals surface area (Å²) in [5.41, 5.74) is 9.78. The zero-order chi connectivity index (χ0) is 24.8. The quantitative estimate of drug-likeness (QED) is 0.419. The number of rotatable bonds is 5. The van der Waals surface area contributed by atoms with E-state index in [0.29, 0.717) is 18.4 Å². The number of ether oxygens (including phenoxy) is 1. The average Bonchev–Trinajstić information content (AvgIpc) is 3.11. The number of fused-ring (bicyclic) bond motifs is 5. The van der Waals surface area contributed by atoms with E-state index in [1.165, 1.54) is 22.3 Å². The zero-order valence-electron chi connectivity index (χ0n) is 20.7. The van der Waals surface area contributed by atoms with E-state index in [1.807, 2.05) is 25.6 Å². The third kappa shape index (κ3) is 3.13. The Bertz CT molecular complexity index is 1550.